The second-order valence-corrected chi connectivity index (χ2v) is 5.45. The van der Waals surface area contributed by atoms with E-state index >= 15 is 0 Å². The molecule has 0 aromatic carbocycles. The summed E-state index contributed by atoms with van der Waals surface area (Å²) in [5.41, 5.74) is 3.21. The maximum Gasteiger partial charge on any atom is 0.333 e. The van der Waals surface area contributed by atoms with Crippen LogP contribution in [-0.4, -0.2) is 29.2 Å². The average Bonchev–Trinajstić information content (AvgIpc) is 3.09. The summed E-state index contributed by atoms with van der Waals surface area (Å²) in [6, 6.07) is 1.02. The summed E-state index contributed by atoms with van der Waals surface area (Å²) in [5, 5.41) is 13.3. The minimum atomic E-state index is -0.777. The first kappa shape index (κ1) is 15.2. The molecule has 7 heteroatoms. The Kier molecular flexibility index (Phi) is 4.74. The number of hydrogen-bond donors (Lipinski definition) is 2. The topological polar surface area (TPSA) is 84.1 Å². The molecular weight excluding hydrogens is 290 g/mol. The number of carbonyl (C=O) groups excluding carboxylic acids is 2. The number of aromatic amines is 1. The number of esters is 1. The number of nitrogens with zero attached hydrogens (tertiary/aromatic N) is 1. The Hall–Kier alpha value is -2.15. The maximum absolute atomic E-state index is 12.2. The fraction of sp³-hybridized carbons (Fsp3) is 0.357. The van der Waals surface area contributed by atoms with Crippen LogP contribution in [0, 0.1) is 13.8 Å². The lowest BCUT2D eigenvalue weighted by atomic mass is 10.1. The molecule has 1 atom stereocenters. The molecule has 0 bridgehead atoms. The molecule has 0 saturated heterocycles. The van der Waals surface area contributed by atoms with Gasteiger partial charge in [0.05, 0.1) is 19.2 Å². The molecule has 0 spiro atoms. The first-order valence-electron chi connectivity index (χ1n) is 6.42. The molecule has 21 heavy (non-hydrogen) atoms. The Bertz CT molecular complexity index is 614. The lowest BCUT2D eigenvalue weighted by molar-refractivity contribution is -0.145. The van der Waals surface area contributed by atoms with Gasteiger partial charge in [-0.2, -0.15) is 16.4 Å². The van der Waals surface area contributed by atoms with E-state index in [2.05, 4.69) is 15.5 Å². The third-order valence-electron chi connectivity index (χ3n) is 3.24. The summed E-state index contributed by atoms with van der Waals surface area (Å²) in [6.07, 6.45) is 0.172. The normalized spacial score (nSPS) is 12.0. The molecule has 0 aliphatic carbocycles. The van der Waals surface area contributed by atoms with Crippen molar-refractivity contribution in [2.75, 3.05) is 7.11 Å². The molecule has 0 aliphatic heterocycles. The molecule has 0 fully saturated rings. The second kappa shape index (κ2) is 6.53. The Balaban J connectivity index is 2.10. The van der Waals surface area contributed by atoms with Crippen molar-refractivity contribution in [1.82, 2.24) is 15.5 Å². The minimum absolute atomic E-state index is 0.172. The van der Waals surface area contributed by atoms with Gasteiger partial charge in [-0.1, -0.05) is 0 Å². The SMILES string of the molecule is COC(=O)C(NC(=O)Cc1c(C)n[nH]c1C)c1ccsc1. The van der Waals surface area contributed by atoms with E-state index in [-0.39, 0.29) is 12.3 Å². The van der Waals surface area contributed by atoms with Crippen LogP contribution in [-0.2, 0) is 20.7 Å². The van der Waals surface area contributed by atoms with Crippen molar-refractivity contribution in [3.8, 4) is 0 Å². The zero-order valence-electron chi connectivity index (χ0n) is 12.1. The van der Waals surface area contributed by atoms with Crippen molar-refractivity contribution in [3.63, 3.8) is 0 Å². The van der Waals surface area contributed by atoms with Gasteiger partial charge in [0.2, 0.25) is 5.91 Å². The molecular formula is C14H17N3O3S. The van der Waals surface area contributed by atoms with E-state index in [1.54, 1.807) is 6.07 Å². The number of methoxy groups -OCH3 is 1. The number of nitrogens with one attached hydrogen (secondary N) is 2. The molecule has 2 N–H and O–H groups in total. The highest BCUT2D eigenvalue weighted by atomic mass is 32.1. The smallest absolute Gasteiger partial charge is 0.333 e. The molecule has 6 nitrogen and oxygen atoms in total. The van der Waals surface area contributed by atoms with Gasteiger partial charge in [0.25, 0.3) is 0 Å². The first-order chi connectivity index (χ1) is 10.0. The highest BCUT2D eigenvalue weighted by Crippen LogP contribution is 2.18. The molecule has 2 aromatic rings. The van der Waals surface area contributed by atoms with Crippen molar-refractivity contribution in [2.24, 2.45) is 0 Å². The molecule has 1 unspecified atom stereocenters. The average molecular weight is 307 g/mol. The number of carbonyl (C=O) groups is 2. The van der Waals surface area contributed by atoms with Crippen molar-refractivity contribution >= 4 is 23.2 Å². The van der Waals surface area contributed by atoms with Crippen LogP contribution >= 0.6 is 11.3 Å². The summed E-state index contributed by atoms with van der Waals surface area (Å²) in [7, 11) is 1.30. The predicted octanol–water partition coefficient (Wildman–Crippen LogP) is 1.66. The van der Waals surface area contributed by atoms with E-state index in [9.17, 15) is 9.59 Å². The van der Waals surface area contributed by atoms with Crippen LogP contribution in [0.5, 0.6) is 0 Å². The third-order valence-corrected chi connectivity index (χ3v) is 3.94. The molecule has 2 aromatic heterocycles. The fourth-order valence-corrected chi connectivity index (χ4v) is 2.73. The van der Waals surface area contributed by atoms with Crippen LogP contribution in [0.3, 0.4) is 0 Å². The number of aryl methyl sites for hydroxylation is 2. The van der Waals surface area contributed by atoms with Crippen LogP contribution in [0.25, 0.3) is 0 Å². The molecule has 1 amide bonds. The zero-order valence-corrected chi connectivity index (χ0v) is 12.9. The number of aromatic nitrogens is 2. The highest BCUT2D eigenvalue weighted by Gasteiger charge is 2.24. The van der Waals surface area contributed by atoms with Crippen LogP contribution in [0.4, 0.5) is 0 Å². The van der Waals surface area contributed by atoms with Gasteiger partial charge in [-0.25, -0.2) is 4.79 Å². The number of H-pyrrole nitrogens is 1. The summed E-state index contributed by atoms with van der Waals surface area (Å²) >= 11 is 1.46. The van der Waals surface area contributed by atoms with Crippen molar-refractivity contribution in [3.05, 3.63) is 39.3 Å². The zero-order chi connectivity index (χ0) is 15.4. The lowest BCUT2D eigenvalue weighted by Crippen LogP contribution is -2.35. The summed E-state index contributed by atoms with van der Waals surface area (Å²) in [5.74, 6) is -0.730. The quantitative estimate of drug-likeness (QED) is 0.823. The van der Waals surface area contributed by atoms with Gasteiger partial charge in [-0.05, 0) is 36.2 Å². The first-order valence-corrected chi connectivity index (χ1v) is 7.37. The van der Waals surface area contributed by atoms with Gasteiger partial charge in [-0.3, -0.25) is 9.89 Å². The molecule has 112 valence electrons. The molecule has 2 heterocycles. The van der Waals surface area contributed by atoms with E-state index in [1.807, 2.05) is 24.6 Å². The lowest BCUT2D eigenvalue weighted by Gasteiger charge is -2.15. The van der Waals surface area contributed by atoms with E-state index in [0.717, 1.165) is 22.5 Å². The standard InChI is InChI=1S/C14H17N3O3S/c1-8-11(9(2)17-16-8)6-12(18)15-13(14(19)20-3)10-4-5-21-7-10/h4-5,7,13H,6H2,1-3H3,(H,15,18)(H,16,17). The Morgan fingerprint density at radius 1 is 1.48 bits per heavy atom. The van der Waals surface area contributed by atoms with Gasteiger partial charge in [0.1, 0.15) is 0 Å². The maximum atomic E-state index is 12.2. The summed E-state index contributed by atoms with van der Waals surface area (Å²) in [6.45, 7) is 3.70. The summed E-state index contributed by atoms with van der Waals surface area (Å²) < 4.78 is 4.75. The van der Waals surface area contributed by atoms with E-state index in [1.165, 1.54) is 18.4 Å². The highest BCUT2D eigenvalue weighted by molar-refractivity contribution is 7.08. The summed E-state index contributed by atoms with van der Waals surface area (Å²) in [4.78, 5) is 24.0. The molecule has 2 rings (SSSR count). The van der Waals surface area contributed by atoms with Crippen LogP contribution in [0.1, 0.15) is 28.6 Å². The predicted molar refractivity (Wildman–Crippen MR) is 79.0 cm³/mol. The monoisotopic (exact) mass is 307 g/mol. The number of hydrogen-bond acceptors (Lipinski definition) is 5. The van der Waals surface area contributed by atoms with Crippen LogP contribution < -0.4 is 5.32 Å². The van der Waals surface area contributed by atoms with E-state index in [4.69, 9.17) is 4.74 Å². The largest absolute Gasteiger partial charge is 0.467 e. The van der Waals surface area contributed by atoms with Crippen molar-refractivity contribution in [1.29, 1.82) is 0 Å². The van der Waals surface area contributed by atoms with Crippen molar-refractivity contribution < 1.29 is 14.3 Å². The number of thiophene rings is 1. The van der Waals surface area contributed by atoms with Gasteiger partial charge < -0.3 is 10.1 Å². The van der Waals surface area contributed by atoms with Gasteiger partial charge in [0, 0.05) is 11.3 Å². The Morgan fingerprint density at radius 2 is 2.24 bits per heavy atom. The van der Waals surface area contributed by atoms with Crippen LogP contribution in [0.2, 0.25) is 0 Å². The molecule has 0 radical (unpaired) electrons. The van der Waals surface area contributed by atoms with Gasteiger partial charge >= 0.3 is 5.97 Å². The van der Waals surface area contributed by atoms with Crippen LogP contribution in [0.15, 0.2) is 16.8 Å². The van der Waals surface area contributed by atoms with Gasteiger partial charge in [-0.15, -0.1) is 0 Å². The van der Waals surface area contributed by atoms with E-state index in [0.29, 0.717) is 0 Å². The second-order valence-electron chi connectivity index (χ2n) is 4.67. The van der Waals surface area contributed by atoms with Gasteiger partial charge in [0.15, 0.2) is 6.04 Å². The van der Waals surface area contributed by atoms with E-state index < -0.39 is 12.0 Å². The number of rotatable bonds is 5. The minimum Gasteiger partial charge on any atom is -0.467 e. The Morgan fingerprint density at radius 3 is 2.76 bits per heavy atom. The molecule has 0 aliphatic rings. The third kappa shape index (κ3) is 3.49. The number of amides is 1. The molecule has 0 saturated carbocycles. The Labute approximate surface area is 126 Å². The fourth-order valence-electron chi connectivity index (χ4n) is 2.04. The van der Waals surface area contributed by atoms with Crippen molar-refractivity contribution in [2.45, 2.75) is 26.3 Å². The number of ether oxygens (including phenoxy) is 1.